The summed E-state index contributed by atoms with van der Waals surface area (Å²) in [6, 6.07) is 3.90. The van der Waals surface area contributed by atoms with Crippen LogP contribution in [-0.4, -0.2) is 26.1 Å². The van der Waals surface area contributed by atoms with Crippen LogP contribution in [-0.2, 0) is 11.3 Å². The molecule has 0 aliphatic carbocycles. The van der Waals surface area contributed by atoms with Crippen molar-refractivity contribution >= 4 is 23.2 Å². The maximum atomic E-state index is 13.3. The molecule has 0 fully saturated rings. The van der Waals surface area contributed by atoms with Gasteiger partial charge in [-0.1, -0.05) is 11.6 Å². The fraction of sp³-hybridized carbons (Fsp3) is 0.111. The van der Waals surface area contributed by atoms with Gasteiger partial charge >= 0.3 is 0 Å². The number of amides is 1. The lowest BCUT2D eigenvalue weighted by atomic mass is 10.3. The van der Waals surface area contributed by atoms with E-state index in [9.17, 15) is 9.18 Å². The van der Waals surface area contributed by atoms with Crippen molar-refractivity contribution in [3.8, 4) is 0 Å². The monoisotopic (exact) mass is 255 g/mol. The summed E-state index contributed by atoms with van der Waals surface area (Å²) in [5.74, 6) is -1.00. The summed E-state index contributed by atoms with van der Waals surface area (Å²) < 4.78 is 14.5. The van der Waals surface area contributed by atoms with Crippen LogP contribution in [0.2, 0.25) is 5.02 Å². The number of hydrogen-bond acceptors (Lipinski definition) is 4. The van der Waals surface area contributed by atoms with E-state index in [-0.39, 0.29) is 12.2 Å². The van der Waals surface area contributed by atoms with E-state index < -0.39 is 11.7 Å². The highest BCUT2D eigenvalue weighted by Crippen LogP contribution is 2.19. The summed E-state index contributed by atoms with van der Waals surface area (Å²) in [5, 5.41) is 13.0. The van der Waals surface area contributed by atoms with Gasteiger partial charge in [-0.05, 0) is 28.6 Å². The van der Waals surface area contributed by atoms with Crippen molar-refractivity contribution < 1.29 is 9.18 Å². The number of rotatable bonds is 3. The Morgan fingerprint density at radius 1 is 1.53 bits per heavy atom. The van der Waals surface area contributed by atoms with Crippen LogP contribution in [0, 0.1) is 5.82 Å². The van der Waals surface area contributed by atoms with Crippen LogP contribution in [0.15, 0.2) is 24.5 Å². The quantitative estimate of drug-likeness (QED) is 0.892. The number of halogens is 2. The Balaban J connectivity index is 2.05. The average Bonchev–Trinajstić information content (AvgIpc) is 2.76. The maximum absolute atomic E-state index is 13.3. The van der Waals surface area contributed by atoms with Crippen LogP contribution < -0.4 is 5.32 Å². The fourth-order valence-electron chi connectivity index (χ4n) is 1.18. The Morgan fingerprint density at radius 3 is 3.06 bits per heavy atom. The minimum Gasteiger partial charge on any atom is -0.322 e. The van der Waals surface area contributed by atoms with Crippen LogP contribution in [0.3, 0.4) is 0 Å². The molecule has 0 atom stereocenters. The fourth-order valence-corrected chi connectivity index (χ4v) is 1.35. The molecule has 2 aromatic rings. The Bertz CT molecular complexity index is 530. The first-order valence-electron chi connectivity index (χ1n) is 4.61. The highest BCUT2D eigenvalue weighted by molar-refractivity contribution is 6.30. The lowest BCUT2D eigenvalue weighted by Gasteiger charge is -2.06. The number of nitrogens with one attached hydrogen (secondary N) is 1. The number of carbonyl (C=O) groups is 1. The molecule has 0 aliphatic heterocycles. The SMILES string of the molecule is O=C(Cn1cnnn1)Nc1cc(Cl)ccc1F. The van der Waals surface area contributed by atoms with Gasteiger partial charge in [0.25, 0.3) is 0 Å². The number of tetrazole rings is 1. The van der Waals surface area contributed by atoms with Crippen molar-refractivity contribution in [2.45, 2.75) is 6.54 Å². The number of benzene rings is 1. The molecule has 88 valence electrons. The average molecular weight is 256 g/mol. The number of aromatic nitrogens is 4. The molecule has 0 bridgehead atoms. The smallest absolute Gasteiger partial charge is 0.246 e. The summed E-state index contributed by atoms with van der Waals surface area (Å²) in [7, 11) is 0. The minimum atomic E-state index is -0.556. The number of carbonyl (C=O) groups excluding carboxylic acids is 1. The van der Waals surface area contributed by atoms with Gasteiger partial charge in [-0.25, -0.2) is 9.07 Å². The first kappa shape index (κ1) is 11.5. The zero-order chi connectivity index (χ0) is 12.3. The molecule has 0 radical (unpaired) electrons. The van der Waals surface area contributed by atoms with Gasteiger partial charge in [-0.2, -0.15) is 0 Å². The van der Waals surface area contributed by atoms with Crippen molar-refractivity contribution in [2.75, 3.05) is 5.32 Å². The first-order chi connectivity index (χ1) is 8.15. The Hall–Kier alpha value is -2.02. The van der Waals surface area contributed by atoms with Gasteiger partial charge < -0.3 is 5.32 Å². The third kappa shape index (κ3) is 2.97. The number of anilines is 1. The molecule has 17 heavy (non-hydrogen) atoms. The molecule has 0 saturated carbocycles. The van der Waals surface area contributed by atoms with Crippen LogP contribution in [0.5, 0.6) is 0 Å². The number of hydrogen-bond donors (Lipinski definition) is 1. The van der Waals surface area contributed by atoms with E-state index >= 15 is 0 Å². The molecule has 1 N–H and O–H groups in total. The molecule has 0 saturated heterocycles. The largest absolute Gasteiger partial charge is 0.322 e. The zero-order valence-electron chi connectivity index (χ0n) is 8.47. The molecule has 0 unspecified atom stereocenters. The van der Waals surface area contributed by atoms with Gasteiger partial charge in [0.05, 0.1) is 5.69 Å². The van der Waals surface area contributed by atoms with E-state index in [2.05, 4.69) is 20.8 Å². The van der Waals surface area contributed by atoms with Crippen molar-refractivity contribution in [3.05, 3.63) is 35.4 Å². The van der Waals surface area contributed by atoms with Gasteiger partial charge in [-0.15, -0.1) is 5.10 Å². The van der Waals surface area contributed by atoms with Crippen LogP contribution in [0.4, 0.5) is 10.1 Å². The van der Waals surface area contributed by atoms with Gasteiger partial charge in [0.2, 0.25) is 5.91 Å². The first-order valence-corrected chi connectivity index (χ1v) is 4.98. The molecule has 1 heterocycles. The third-order valence-electron chi connectivity index (χ3n) is 1.90. The van der Waals surface area contributed by atoms with Gasteiger partial charge in [0.1, 0.15) is 18.7 Å². The van der Waals surface area contributed by atoms with Crippen molar-refractivity contribution in [3.63, 3.8) is 0 Å². The second-order valence-electron chi connectivity index (χ2n) is 3.18. The highest BCUT2D eigenvalue weighted by atomic mass is 35.5. The standard InChI is InChI=1S/C9H7ClFN5O/c10-6-1-2-7(11)8(3-6)13-9(17)4-16-5-12-14-15-16/h1-3,5H,4H2,(H,13,17). The summed E-state index contributed by atoms with van der Waals surface area (Å²) in [6.45, 7) is -0.0983. The molecule has 2 rings (SSSR count). The molecule has 0 spiro atoms. The topological polar surface area (TPSA) is 72.7 Å². The molecular formula is C9H7ClFN5O. The van der Waals surface area contributed by atoms with E-state index in [1.165, 1.54) is 29.2 Å². The van der Waals surface area contributed by atoms with Gasteiger partial charge in [0.15, 0.2) is 0 Å². The Kier molecular flexibility index (Phi) is 3.29. The van der Waals surface area contributed by atoms with E-state index in [1.54, 1.807) is 0 Å². The van der Waals surface area contributed by atoms with Crippen molar-refractivity contribution in [1.29, 1.82) is 0 Å². The van der Waals surface area contributed by atoms with E-state index in [0.717, 1.165) is 0 Å². The van der Waals surface area contributed by atoms with Gasteiger partial charge in [-0.3, -0.25) is 4.79 Å². The molecule has 6 nitrogen and oxygen atoms in total. The third-order valence-corrected chi connectivity index (χ3v) is 2.13. The van der Waals surface area contributed by atoms with Crippen molar-refractivity contribution in [2.24, 2.45) is 0 Å². The highest BCUT2D eigenvalue weighted by Gasteiger charge is 2.08. The van der Waals surface area contributed by atoms with Gasteiger partial charge in [0, 0.05) is 5.02 Å². The second-order valence-corrected chi connectivity index (χ2v) is 3.62. The lowest BCUT2D eigenvalue weighted by Crippen LogP contribution is -2.19. The summed E-state index contributed by atoms with van der Waals surface area (Å²) >= 11 is 5.69. The number of nitrogens with zero attached hydrogens (tertiary/aromatic N) is 4. The molecule has 8 heteroatoms. The molecular weight excluding hydrogens is 249 g/mol. The maximum Gasteiger partial charge on any atom is 0.246 e. The molecule has 0 aliphatic rings. The molecule has 1 amide bonds. The Labute approximate surface area is 100 Å². The lowest BCUT2D eigenvalue weighted by molar-refractivity contribution is -0.116. The summed E-state index contributed by atoms with van der Waals surface area (Å²) in [5.41, 5.74) is 0.0237. The predicted molar refractivity (Wildman–Crippen MR) is 57.9 cm³/mol. The van der Waals surface area contributed by atoms with Crippen LogP contribution >= 0.6 is 11.6 Å². The second kappa shape index (κ2) is 4.88. The van der Waals surface area contributed by atoms with Crippen LogP contribution in [0.1, 0.15) is 0 Å². The Morgan fingerprint density at radius 2 is 2.35 bits per heavy atom. The van der Waals surface area contributed by atoms with E-state index in [1.807, 2.05) is 0 Å². The summed E-state index contributed by atoms with van der Waals surface area (Å²) in [4.78, 5) is 11.5. The van der Waals surface area contributed by atoms with Crippen LogP contribution in [0.25, 0.3) is 0 Å². The normalized spacial score (nSPS) is 10.2. The summed E-state index contributed by atoms with van der Waals surface area (Å²) in [6.07, 6.45) is 1.29. The van der Waals surface area contributed by atoms with E-state index in [4.69, 9.17) is 11.6 Å². The predicted octanol–water partition coefficient (Wildman–Crippen LogP) is 1.10. The zero-order valence-corrected chi connectivity index (χ0v) is 9.23. The van der Waals surface area contributed by atoms with Crippen molar-refractivity contribution in [1.82, 2.24) is 20.2 Å². The molecule has 1 aromatic heterocycles. The minimum absolute atomic E-state index is 0.0237. The van der Waals surface area contributed by atoms with E-state index in [0.29, 0.717) is 5.02 Å². The molecule has 1 aromatic carbocycles.